The van der Waals surface area contributed by atoms with Gasteiger partial charge in [0.25, 0.3) is 0 Å². The second kappa shape index (κ2) is 7.77. The van der Waals surface area contributed by atoms with Crippen molar-refractivity contribution >= 4 is 23.3 Å². The summed E-state index contributed by atoms with van der Waals surface area (Å²) in [5.74, 6) is -1.40. The van der Waals surface area contributed by atoms with Gasteiger partial charge >= 0.3 is 12.3 Å². The third-order valence-corrected chi connectivity index (χ3v) is 3.17. The minimum absolute atomic E-state index is 0.362. The molecule has 0 bridgehead atoms. The number of hydrogen-bond acceptors (Lipinski definition) is 5. The normalized spacial score (nSPS) is 14.3. The summed E-state index contributed by atoms with van der Waals surface area (Å²) >= 11 is 4.56. The number of alkyl halides is 3. The average Bonchev–Trinajstić information content (AvgIpc) is 2.43. The van der Waals surface area contributed by atoms with E-state index in [0.29, 0.717) is 5.56 Å². The number of benzene rings is 1. The van der Waals surface area contributed by atoms with Crippen LogP contribution >= 0.6 is 12.2 Å². The molecule has 0 fully saturated rings. The zero-order valence-electron chi connectivity index (χ0n) is 13.7. The number of rotatable bonds is 5. The van der Waals surface area contributed by atoms with E-state index in [9.17, 15) is 18.0 Å². The van der Waals surface area contributed by atoms with Gasteiger partial charge in [0.15, 0.2) is 0 Å². The van der Waals surface area contributed by atoms with Gasteiger partial charge in [0.2, 0.25) is 6.23 Å². The lowest BCUT2D eigenvalue weighted by molar-refractivity contribution is -0.274. The summed E-state index contributed by atoms with van der Waals surface area (Å²) in [6.45, 7) is 6.69. The molecule has 1 aromatic carbocycles. The molecule has 24 heavy (non-hydrogen) atoms. The molecular formula is C16H18F3NO3S. The fraction of sp³-hybridized carbons (Fsp3) is 0.500. The number of isothiocyanates is 1. The molecule has 0 saturated heterocycles. The zero-order valence-corrected chi connectivity index (χ0v) is 14.5. The van der Waals surface area contributed by atoms with Crippen molar-refractivity contribution < 1.29 is 27.4 Å². The first-order valence-electron chi connectivity index (χ1n) is 7.08. The maximum absolute atomic E-state index is 12.3. The molecule has 0 saturated carbocycles. The lowest BCUT2D eigenvalue weighted by Gasteiger charge is -2.24. The molecule has 132 valence electrons. The van der Waals surface area contributed by atoms with E-state index >= 15 is 0 Å². The molecule has 4 nitrogen and oxygen atoms in total. The van der Waals surface area contributed by atoms with Crippen molar-refractivity contribution in [2.75, 3.05) is 0 Å². The van der Waals surface area contributed by atoms with Gasteiger partial charge in [0, 0.05) is 5.92 Å². The number of thiocarbonyl (C=S) groups is 1. The summed E-state index contributed by atoms with van der Waals surface area (Å²) in [6, 6.07) is 5.40. The first kappa shape index (κ1) is 20.1. The molecule has 2 atom stereocenters. The molecule has 8 heteroatoms. The van der Waals surface area contributed by atoms with Gasteiger partial charge in [-0.2, -0.15) is 4.99 Å². The van der Waals surface area contributed by atoms with Gasteiger partial charge in [0.1, 0.15) is 5.75 Å². The Labute approximate surface area is 143 Å². The Bertz CT molecular complexity index is 634. The van der Waals surface area contributed by atoms with Crippen LogP contribution in [0.25, 0.3) is 0 Å². The van der Waals surface area contributed by atoms with Crippen molar-refractivity contribution in [2.45, 2.75) is 46.2 Å². The molecule has 0 heterocycles. The summed E-state index contributed by atoms with van der Waals surface area (Å²) in [4.78, 5) is 15.8. The van der Waals surface area contributed by atoms with Crippen molar-refractivity contribution in [1.29, 1.82) is 0 Å². The standard InChI is InChI=1S/C16H18F3NO3S/c1-10(13(20-9-24)22-14(21)15(2,3)4)11-6-5-7-12(8-11)23-16(17,18)19/h5-8,10,13H,1-4H3. The van der Waals surface area contributed by atoms with Gasteiger partial charge in [-0.05, 0) is 50.7 Å². The van der Waals surface area contributed by atoms with Gasteiger partial charge < -0.3 is 9.47 Å². The molecule has 0 aliphatic rings. The number of carbonyl (C=O) groups is 1. The van der Waals surface area contributed by atoms with Crippen LogP contribution in [-0.4, -0.2) is 23.7 Å². The monoisotopic (exact) mass is 361 g/mol. The third-order valence-electron chi connectivity index (χ3n) is 3.07. The molecule has 0 spiro atoms. The molecule has 1 aromatic rings. The fourth-order valence-corrected chi connectivity index (χ4v) is 1.84. The molecule has 1 rings (SSSR count). The largest absolute Gasteiger partial charge is 0.573 e. The maximum atomic E-state index is 12.3. The smallest absolute Gasteiger partial charge is 0.438 e. The van der Waals surface area contributed by atoms with E-state index in [1.807, 2.05) is 0 Å². The molecule has 0 radical (unpaired) electrons. The second-order valence-electron chi connectivity index (χ2n) is 6.18. The van der Waals surface area contributed by atoms with Crippen LogP contribution in [-0.2, 0) is 9.53 Å². The van der Waals surface area contributed by atoms with E-state index < -0.39 is 29.9 Å². The lowest BCUT2D eigenvalue weighted by atomic mass is 9.96. The van der Waals surface area contributed by atoms with Crippen molar-refractivity contribution in [3.63, 3.8) is 0 Å². The Morgan fingerprint density at radius 2 is 1.92 bits per heavy atom. The minimum Gasteiger partial charge on any atom is -0.438 e. The van der Waals surface area contributed by atoms with Crippen LogP contribution in [0, 0.1) is 5.41 Å². The summed E-state index contributed by atoms with van der Waals surface area (Å²) in [7, 11) is 0. The predicted molar refractivity (Wildman–Crippen MR) is 85.9 cm³/mol. The van der Waals surface area contributed by atoms with Crippen LogP contribution in [0.2, 0.25) is 0 Å². The van der Waals surface area contributed by atoms with Crippen LogP contribution in [0.5, 0.6) is 5.75 Å². The summed E-state index contributed by atoms with van der Waals surface area (Å²) in [5, 5.41) is 2.15. The molecule has 0 N–H and O–H groups in total. The molecule has 0 aromatic heterocycles. The number of halogens is 3. The second-order valence-corrected chi connectivity index (χ2v) is 6.36. The number of esters is 1. The van der Waals surface area contributed by atoms with Crippen LogP contribution in [0.15, 0.2) is 29.3 Å². The number of ether oxygens (including phenoxy) is 2. The molecule has 0 amide bonds. The van der Waals surface area contributed by atoms with Gasteiger partial charge in [-0.1, -0.05) is 19.1 Å². The summed E-state index contributed by atoms with van der Waals surface area (Å²) in [5.41, 5.74) is -0.298. The SMILES string of the molecule is CC(c1cccc(OC(F)(F)F)c1)C(N=C=S)OC(=O)C(C)(C)C. The first-order valence-corrected chi connectivity index (χ1v) is 7.48. The van der Waals surface area contributed by atoms with Gasteiger partial charge in [-0.25, -0.2) is 0 Å². The Kier molecular flexibility index (Phi) is 6.51. The highest BCUT2D eigenvalue weighted by Gasteiger charge is 2.32. The average molecular weight is 361 g/mol. The zero-order chi connectivity index (χ0) is 18.5. The number of nitrogens with zero attached hydrogens (tertiary/aromatic N) is 1. The lowest BCUT2D eigenvalue weighted by Crippen LogP contribution is -2.30. The number of carbonyl (C=O) groups excluding carboxylic acids is 1. The van der Waals surface area contributed by atoms with E-state index in [0.717, 1.165) is 0 Å². The van der Waals surface area contributed by atoms with Crippen LogP contribution < -0.4 is 4.74 Å². The van der Waals surface area contributed by atoms with E-state index in [1.54, 1.807) is 33.8 Å². The third kappa shape index (κ3) is 6.29. The number of hydrogen-bond donors (Lipinski definition) is 0. The predicted octanol–water partition coefficient (Wildman–Crippen LogP) is 4.71. The quantitative estimate of drug-likeness (QED) is 0.433. The fourth-order valence-electron chi connectivity index (χ4n) is 1.74. The summed E-state index contributed by atoms with van der Waals surface area (Å²) < 4.78 is 46.2. The topological polar surface area (TPSA) is 47.9 Å². The van der Waals surface area contributed by atoms with E-state index in [1.165, 1.54) is 18.2 Å². The Balaban J connectivity index is 3.03. The molecular weight excluding hydrogens is 343 g/mol. The van der Waals surface area contributed by atoms with E-state index in [4.69, 9.17) is 4.74 Å². The van der Waals surface area contributed by atoms with Crippen molar-refractivity contribution in [2.24, 2.45) is 10.4 Å². The Morgan fingerprint density at radius 3 is 2.42 bits per heavy atom. The van der Waals surface area contributed by atoms with E-state index in [2.05, 4.69) is 27.1 Å². The maximum Gasteiger partial charge on any atom is 0.573 e. The van der Waals surface area contributed by atoms with Gasteiger partial charge in [-0.3, -0.25) is 4.79 Å². The Hall–Kier alpha value is -1.92. The van der Waals surface area contributed by atoms with Crippen LogP contribution in [0.3, 0.4) is 0 Å². The first-order chi connectivity index (χ1) is 10.9. The highest BCUT2D eigenvalue weighted by Crippen LogP contribution is 2.30. The molecule has 2 unspecified atom stereocenters. The highest BCUT2D eigenvalue weighted by atomic mass is 32.1. The van der Waals surface area contributed by atoms with Crippen molar-refractivity contribution in [1.82, 2.24) is 0 Å². The Morgan fingerprint density at radius 1 is 1.29 bits per heavy atom. The minimum atomic E-state index is -4.79. The van der Waals surface area contributed by atoms with Gasteiger partial charge in [0.05, 0.1) is 10.6 Å². The van der Waals surface area contributed by atoms with Gasteiger partial charge in [-0.15, -0.1) is 13.2 Å². The van der Waals surface area contributed by atoms with Crippen LogP contribution in [0.1, 0.15) is 39.2 Å². The molecule has 0 aliphatic carbocycles. The highest BCUT2D eigenvalue weighted by molar-refractivity contribution is 7.78. The molecule has 0 aliphatic heterocycles. The summed E-state index contributed by atoms with van der Waals surface area (Å²) in [6.07, 6.45) is -5.78. The van der Waals surface area contributed by atoms with Crippen LogP contribution in [0.4, 0.5) is 13.2 Å². The number of aliphatic imine (C=N–C) groups is 1. The van der Waals surface area contributed by atoms with Crippen molar-refractivity contribution in [3.8, 4) is 5.75 Å². The van der Waals surface area contributed by atoms with Crippen molar-refractivity contribution in [3.05, 3.63) is 29.8 Å². The van der Waals surface area contributed by atoms with E-state index in [-0.39, 0.29) is 5.75 Å².